The van der Waals surface area contributed by atoms with E-state index in [0.29, 0.717) is 36.7 Å². The van der Waals surface area contributed by atoms with Crippen LogP contribution in [0.25, 0.3) is 10.9 Å². The number of hydrogen-bond acceptors (Lipinski definition) is 3. The fourth-order valence-corrected chi connectivity index (χ4v) is 4.22. The summed E-state index contributed by atoms with van der Waals surface area (Å²) in [6.07, 6.45) is 1.46. The van der Waals surface area contributed by atoms with E-state index in [1.54, 1.807) is 21.6 Å². The van der Waals surface area contributed by atoms with Crippen LogP contribution in [-0.2, 0) is 11.3 Å². The molecule has 1 amide bonds. The van der Waals surface area contributed by atoms with Crippen molar-refractivity contribution < 1.29 is 23.0 Å². The number of rotatable bonds is 6. The van der Waals surface area contributed by atoms with Crippen molar-refractivity contribution in [3.05, 3.63) is 78.0 Å². The summed E-state index contributed by atoms with van der Waals surface area (Å²) in [7, 11) is 0. The zero-order valence-electron chi connectivity index (χ0n) is 18.2. The van der Waals surface area contributed by atoms with Gasteiger partial charge in [0.15, 0.2) is 0 Å². The van der Waals surface area contributed by atoms with Crippen LogP contribution in [-0.4, -0.2) is 47.3 Å². The molecule has 0 saturated carbocycles. The molecule has 5 nitrogen and oxygen atoms in total. The van der Waals surface area contributed by atoms with Crippen molar-refractivity contribution in [3.63, 3.8) is 0 Å². The van der Waals surface area contributed by atoms with Crippen LogP contribution in [0, 0.1) is 11.6 Å². The average Bonchev–Trinajstić information content (AvgIpc) is 3.12. The molecule has 2 unspecified atom stereocenters. The Labute approximate surface area is 185 Å². The maximum absolute atomic E-state index is 14.5. The quantitative estimate of drug-likeness (QED) is 0.518. The lowest BCUT2D eigenvalue weighted by Gasteiger charge is -2.35. The first-order valence-corrected chi connectivity index (χ1v) is 10.6. The van der Waals surface area contributed by atoms with Crippen LogP contribution in [0.2, 0.25) is 0 Å². The third-order valence-corrected chi connectivity index (χ3v) is 5.52. The number of halogens is 2. The van der Waals surface area contributed by atoms with Crippen LogP contribution in [0.3, 0.4) is 0 Å². The topological polar surface area (TPSA) is 43.7 Å². The molecule has 0 aliphatic carbocycles. The second-order valence-corrected chi connectivity index (χ2v) is 8.11. The normalized spacial score (nSPS) is 18.7. The van der Waals surface area contributed by atoms with Crippen molar-refractivity contribution in [1.29, 1.82) is 0 Å². The third-order valence-electron chi connectivity index (χ3n) is 5.52. The molecule has 2 atom stereocenters. The minimum Gasteiger partial charge on any atom is -0.489 e. The monoisotopic (exact) mass is 440 g/mol. The Morgan fingerprint density at radius 2 is 1.94 bits per heavy atom. The number of amides is 1. The van der Waals surface area contributed by atoms with Gasteiger partial charge in [0.1, 0.15) is 29.7 Å². The summed E-state index contributed by atoms with van der Waals surface area (Å²) in [5.74, 6) is -0.649. The smallest absolute Gasteiger partial charge is 0.270 e. The highest BCUT2D eigenvalue weighted by molar-refractivity contribution is 6.00. The first kappa shape index (κ1) is 22.0. The minimum atomic E-state index is -0.531. The van der Waals surface area contributed by atoms with E-state index in [9.17, 15) is 13.6 Å². The Hall–Kier alpha value is -3.19. The van der Waals surface area contributed by atoms with E-state index in [4.69, 9.17) is 9.47 Å². The summed E-state index contributed by atoms with van der Waals surface area (Å²) in [6.45, 7) is 8.76. The molecular weight excluding hydrogens is 414 g/mol. The SMILES string of the molecule is C=CCOc1cccc2c1cc(C(=O)N1CC(C)OC(C)C1)n2Cc1cc(F)ccc1F. The fourth-order valence-electron chi connectivity index (χ4n) is 4.22. The van der Waals surface area contributed by atoms with Gasteiger partial charge in [0, 0.05) is 24.0 Å². The van der Waals surface area contributed by atoms with Gasteiger partial charge in [0.05, 0.1) is 24.3 Å². The zero-order chi connectivity index (χ0) is 22.8. The Bertz CT molecular complexity index is 1150. The highest BCUT2D eigenvalue weighted by atomic mass is 19.1. The number of aromatic nitrogens is 1. The lowest BCUT2D eigenvalue weighted by Crippen LogP contribution is -2.48. The molecule has 7 heteroatoms. The number of fused-ring (bicyclic) bond motifs is 1. The first-order valence-electron chi connectivity index (χ1n) is 10.6. The molecule has 3 aromatic rings. The highest BCUT2D eigenvalue weighted by Gasteiger charge is 2.29. The maximum Gasteiger partial charge on any atom is 0.270 e. The Balaban J connectivity index is 1.82. The largest absolute Gasteiger partial charge is 0.489 e. The van der Waals surface area contributed by atoms with Gasteiger partial charge >= 0.3 is 0 Å². The predicted octanol–water partition coefficient (Wildman–Crippen LogP) is 4.78. The summed E-state index contributed by atoms with van der Waals surface area (Å²) in [5, 5.41) is 0.726. The zero-order valence-corrected chi connectivity index (χ0v) is 18.2. The molecular formula is C25H26F2N2O3. The van der Waals surface area contributed by atoms with Gasteiger partial charge in [-0.1, -0.05) is 18.7 Å². The van der Waals surface area contributed by atoms with Gasteiger partial charge < -0.3 is 18.9 Å². The predicted molar refractivity (Wildman–Crippen MR) is 119 cm³/mol. The summed E-state index contributed by atoms with van der Waals surface area (Å²) in [5.41, 5.74) is 1.25. The van der Waals surface area contributed by atoms with E-state index in [1.165, 1.54) is 0 Å². The number of morpholine rings is 1. The van der Waals surface area contributed by atoms with E-state index < -0.39 is 11.6 Å². The van der Waals surface area contributed by atoms with Crippen LogP contribution >= 0.6 is 0 Å². The van der Waals surface area contributed by atoms with Crippen molar-refractivity contribution in [2.75, 3.05) is 19.7 Å². The van der Waals surface area contributed by atoms with Gasteiger partial charge in [0.2, 0.25) is 0 Å². The van der Waals surface area contributed by atoms with Crippen LogP contribution < -0.4 is 4.74 Å². The lowest BCUT2D eigenvalue weighted by atomic mass is 10.2. The summed E-state index contributed by atoms with van der Waals surface area (Å²) < 4.78 is 41.6. The molecule has 1 aliphatic rings. The summed E-state index contributed by atoms with van der Waals surface area (Å²) >= 11 is 0. The van der Waals surface area contributed by atoms with Crippen molar-refractivity contribution in [2.45, 2.75) is 32.6 Å². The van der Waals surface area contributed by atoms with Crippen molar-refractivity contribution in [1.82, 2.24) is 9.47 Å². The van der Waals surface area contributed by atoms with Crippen LogP contribution in [0.1, 0.15) is 29.9 Å². The van der Waals surface area contributed by atoms with E-state index in [2.05, 4.69) is 6.58 Å². The fraction of sp³-hybridized carbons (Fsp3) is 0.320. The van der Waals surface area contributed by atoms with E-state index in [0.717, 1.165) is 23.6 Å². The first-order chi connectivity index (χ1) is 15.4. The van der Waals surface area contributed by atoms with Gasteiger partial charge in [0.25, 0.3) is 5.91 Å². The minimum absolute atomic E-state index is 0.00846. The second-order valence-electron chi connectivity index (χ2n) is 8.11. The van der Waals surface area contributed by atoms with Gasteiger partial charge in [-0.3, -0.25) is 4.79 Å². The van der Waals surface area contributed by atoms with Crippen molar-refractivity contribution in [3.8, 4) is 5.75 Å². The second kappa shape index (κ2) is 9.12. The number of nitrogens with zero attached hydrogens (tertiary/aromatic N) is 2. The van der Waals surface area contributed by atoms with Crippen LogP contribution in [0.15, 0.2) is 55.1 Å². The summed E-state index contributed by atoms with van der Waals surface area (Å²) in [4.78, 5) is 15.3. The molecule has 0 radical (unpaired) electrons. The third kappa shape index (κ3) is 4.39. The molecule has 2 heterocycles. The average molecular weight is 440 g/mol. The van der Waals surface area contributed by atoms with Gasteiger partial charge in [-0.05, 0) is 50.2 Å². The van der Waals surface area contributed by atoms with E-state index in [1.807, 2.05) is 32.0 Å². The molecule has 32 heavy (non-hydrogen) atoms. The Morgan fingerprint density at radius 1 is 1.19 bits per heavy atom. The number of ether oxygens (including phenoxy) is 2. The lowest BCUT2D eigenvalue weighted by molar-refractivity contribution is -0.0588. The molecule has 0 N–H and O–H groups in total. The Morgan fingerprint density at radius 3 is 2.66 bits per heavy atom. The Kier molecular flexibility index (Phi) is 6.28. The number of carbonyl (C=O) groups is 1. The number of carbonyl (C=O) groups excluding carboxylic acids is 1. The van der Waals surface area contributed by atoms with E-state index >= 15 is 0 Å². The van der Waals surface area contributed by atoms with Crippen LogP contribution in [0.5, 0.6) is 5.75 Å². The van der Waals surface area contributed by atoms with Gasteiger partial charge in [-0.25, -0.2) is 8.78 Å². The molecule has 1 aliphatic heterocycles. The van der Waals surface area contributed by atoms with Gasteiger partial charge in [-0.15, -0.1) is 0 Å². The number of hydrogen-bond donors (Lipinski definition) is 0. The molecule has 2 aromatic carbocycles. The molecule has 4 rings (SSSR count). The van der Waals surface area contributed by atoms with Crippen molar-refractivity contribution in [2.24, 2.45) is 0 Å². The summed E-state index contributed by atoms with van der Waals surface area (Å²) in [6, 6.07) is 10.6. The van der Waals surface area contributed by atoms with Crippen molar-refractivity contribution >= 4 is 16.8 Å². The molecule has 1 aromatic heterocycles. The van der Waals surface area contributed by atoms with Gasteiger partial charge in [-0.2, -0.15) is 0 Å². The number of benzene rings is 2. The molecule has 0 spiro atoms. The molecule has 1 saturated heterocycles. The van der Waals surface area contributed by atoms with Crippen LogP contribution in [0.4, 0.5) is 8.78 Å². The molecule has 0 bridgehead atoms. The van der Waals surface area contributed by atoms with E-state index in [-0.39, 0.29) is 30.2 Å². The maximum atomic E-state index is 14.5. The highest BCUT2D eigenvalue weighted by Crippen LogP contribution is 2.31. The molecule has 168 valence electrons. The molecule has 1 fully saturated rings. The standard InChI is InChI=1S/C25H26F2N2O3/c1-4-10-31-24-7-5-6-22-20(24)12-23(25(30)28-13-16(2)32-17(3)14-28)29(22)15-18-11-19(26)8-9-21(18)27/h4-9,11-12,16-17H,1,10,13-15H2,2-3H3.